The van der Waals surface area contributed by atoms with Crippen LogP contribution in [0.1, 0.15) is 42.9 Å². The average Bonchev–Trinajstić information content (AvgIpc) is 2.55. The van der Waals surface area contributed by atoms with E-state index >= 15 is 0 Å². The van der Waals surface area contributed by atoms with Crippen LogP contribution in [0.15, 0.2) is 48.5 Å². The van der Waals surface area contributed by atoms with Gasteiger partial charge in [-0.05, 0) is 35.1 Å². The third-order valence-electron chi connectivity index (χ3n) is 4.02. The van der Waals surface area contributed by atoms with Gasteiger partial charge in [0, 0.05) is 19.0 Å². The molecule has 0 unspecified atom stereocenters. The highest BCUT2D eigenvalue weighted by atomic mass is 19.1. The van der Waals surface area contributed by atoms with Gasteiger partial charge >= 0.3 is 0 Å². The first-order valence-corrected chi connectivity index (χ1v) is 8.30. The highest BCUT2D eigenvalue weighted by Crippen LogP contribution is 2.14. The van der Waals surface area contributed by atoms with E-state index in [1.54, 1.807) is 18.2 Å². The van der Waals surface area contributed by atoms with E-state index in [0.29, 0.717) is 24.4 Å². The number of hydrogen-bond acceptors (Lipinski definition) is 2. The summed E-state index contributed by atoms with van der Waals surface area (Å²) in [4.78, 5) is 12.0. The molecule has 0 saturated heterocycles. The fraction of sp³-hybridized carbons (Fsp3) is 0.350. The third kappa shape index (κ3) is 5.46. The van der Waals surface area contributed by atoms with Gasteiger partial charge in [0.25, 0.3) is 0 Å². The standard InChI is InChI=1S/C20H25FN2O/c1-14(2)16-9-7-15(8-10-16)13-23-20(24)12-18(22)11-17-5-3-4-6-19(17)21/h3-10,14,18H,11-13,22H2,1-2H3,(H,23,24)/t18-/m1/s1. The van der Waals surface area contributed by atoms with Gasteiger partial charge in [-0.25, -0.2) is 4.39 Å². The molecule has 0 aliphatic heterocycles. The van der Waals surface area contributed by atoms with Gasteiger partial charge in [0.15, 0.2) is 0 Å². The number of nitrogens with two attached hydrogens (primary N) is 1. The molecule has 3 N–H and O–H groups in total. The zero-order chi connectivity index (χ0) is 17.5. The van der Waals surface area contributed by atoms with Crippen molar-refractivity contribution in [3.63, 3.8) is 0 Å². The molecule has 0 radical (unpaired) electrons. The minimum absolute atomic E-state index is 0.119. The summed E-state index contributed by atoms with van der Waals surface area (Å²) < 4.78 is 13.6. The Bertz CT molecular complexity index is 668. The minimum Gasteiger partial charge on any atom is -0.352 e. The van der Waals surface area contributed by atoms with Crippen LogP contribution in [-0.4, -0.2) is 11.9 Å². The highest BCUT2D eigenvalue weighted by Gasteiger charge is 2.12. The van der Waals surface area contributed by atoms with E-state index in [1.165, 1.54) is 11.6 Å². The van der Waals surface area contributed by atoms with Crippen LogP contribution in [0.25, 0.3) is 0 Å². The summed E-state index contributed by atoms with van der Waals surface area (Å²) in [5.74, 6) is 0.0930. The van der Waals surface area contributed by atoms with E-state index in [2.05, 4.69) is 31.3 Å². The number of carbonyl (C=O) groups is 1. The third-order valence-corrected chi connectivity index (χ3v) is 4.02. The molecule has 0 saturated carbocycles. The number of benzene rings is 2. The molecular weight excluding hydrogens is 303 g/mol. The molecule has 0 bridgehead atoms. The van der Waals surface area contributed by atoms with Crippen molar-refractivity contribution in [3.8, 4) is 0 Å². The second kappa shape index (κ2) is 8.60. The topological polar surface area (TPSA) is 55.1 Å². The van der Waals surface area contributed by atoms with Gasteiger partial charge in [-0.3, -0.25) is 4.79 Å². The minimum atomic E-state index is -0.398. The Morgan fingerprint density at radius 2 is 1.79 bits per heavy atom. The number of rotatable bonds is 7. The van der Waals surface area contributed by atoms with Crippen molar-refractivity contribution in [2.75, 3.05) is 0 Å². The molecule has 24 heavy (non-hydrogen) atoms. The summed E-state index contributed by atoms with van der Waals surface area (Å²) in [5.41, 5.74) is 8.84. The SMILES string of the molecule is CC(C)c1ccc(CNC(=O)C[C@H](N)Cc2ccccc2F)cc1. The fourth-order valence-electron chi connectivity index (χ4n) is 2.55. The quantitative estimate of drug-likeness (QED) is 0.817. The second-order valence-electron chi connectivity index (χ2n) is 6.43. The molecule has 0 aliphatic carbocycles. The molecule has 2 rings (SSSR count). The van der Waals surface area contributed by atoms with E-state index in [9.17, 15) is 9.18 Å². The first kappa shape index (κ1) is 18.1. The zero-order valence-electron chi connectivity index (χ0n) is 14.3. The van der Waals surface area contributed by atoms with Crippen molar-refractivity contribution in [1.29, 1.82) is 0 Å². The van der Waals surface area contributed by atoms with Crippen LogP contribution < -0.4 is 11.1 Å². The Balaban J connectivity index is 1.79. The van der Waals surface area contributed by atoms with Crippen LogP contribution in [0.4, 0.5) is 4.39 Å². The molecule has 4 heteroatoms. The first-order chi connectivity index (χ1) is 11.5. The van der Waals surface area contributed by atoms with E-state index in [1.807, 2.05) is 12.1 Å². The van der Waals surface area contributed by atoms with Crippen molar-refractivity contribution >= 4 is 5.91 Å². The molecule has 128 valence electrons. The van der Waals surface area contributed by atoms with Gasteiger partial charge < -0.3 is 11.1 Å². The van der Waals surface area contributed by atoms with E-state index in [4.69, 9.17) is 5.73 Å². The fourth-order valence-corrected chi connectivity index (χ4v) is 2.55. The molecule has 2 aromatic carbocycles. The Morgan fingerprint density at radius 3 is 2.42 bits per heavy atom. The molecule has 1 amide bonds. The molecule has 0 fully saturated rings. The molecule has 0 aromatic heterocycles. The molecule has 0 spiro atoms. The maximum atomic E-state index is 13.6. The van der Waals surface area contributed by atoms with E-state index < -0.39 is 6.04 Å². The second-order valence-corrected chi connectivity index (χ2v) is 6.43. The molecule has 0 aliphatic rings. The zero-order valence-corrected chi connectivity index (χ0v) is 14.3. The van der Waals surface area contributed by atoms with Crippen molar-refractivity contribution in [3.05, 3.63) is 71.0 Å². The first-order valence-electron chi connectivity index (χ1n) is 8.30. The highest BCUT2D eigenvalue weighted by molar-refractivity contribution is 5.76. The van der Waals surface area contributed by atoms with Crippen molar-refractivity contribution < 1.29 is 9.18 Å². The van der Waals surface area contributed by atoms with Crippen LogP contribution in [0.5, 0.6) is 0 Å². The predicted molar refractivity (Wildman–Crippen MR) is 95.1 cm³/mol. The summed E-state index contributed by atoms with van der Waals surface area (Å²) >= 11 is 0. The number of carbonyl (C=O) groups excluding carboxylic acids is 1. The van der Waals surface area contributed by atoms with Gasteiger partial charge in [-0.1, -0.05) is 56.3 Å². The van der Waals surface area contributed by atoms with Gasteiger partial charge in [-0.2, -0.15) is 0 Å². The lowest BCUT2D eigenvalue weighted by atomic mass is 10.0. The number of amides is 1. The number of nitrogens with one attached hydrogen (secondary N) is 1. The summed E-state index contributed by atoms with van der Waals surface area (Å²) in [6.45, 7) is 4.77. The van der Waals surface area contributed by atoms with Crippen molar-refractivity contribution in [2.45, 2.75) is 45.2 Å². The van der Waals surface area contributed by atoms with Crippen LogP contribution in [-0.2, 0) is 17.8 Å². The molecule has 0 heterocycles. The maximum Gasteiger partial charge on any atom is 0.221 e. The Labute approximate surface area is 143 Å². The molecule has 3 nitrogen and oxygen atoms in total. The lowest BCUT2D eigenvalue weighted by Crippen LogP contribution is -2.33. The van der Waals surface area contributed by atoms with Gasteiger partial charge in [0.1, 0.15) is 5.82 Å². The molecular formula is C20H25FN2O. The number of hydrogen-bond donors (Lipinski definition) is 2. The number of halogens is 1. The van der Waals surface area contributed by atoms with Crippen LogP contribution in [0.2, 0.25) is 0 Å². The van der Waals surface area contributed by atoms with Gasteiger partial charge in [-0.15, -0.1) is 0 Å². The van der Waals surface area contributed by atoms with Crippen molar-refractivity contribution in [2.24, 2.45) is 5.73 Å². The molecule has 2 aromatic rings. The summed E-state index contributed by atoms with van der Waals surface area (Å²) in [5, 5.41) is 2.87. The van der Waals surface area contributed by atoms with E-state index in [-0.39, 0.29) is 18.1 Å². The maximum absolute atomic E-state index is 13.6. The van der Waals surface area contributed by atoms with Gasteiger partial charge in [0.2, 0.25) is 5.91 Å². The monoisotopic (exact) mass is 328 g/mol. The summed E-state index contributed by atoms with van der Waals surface area (Å²) in [6.07, 6.45) is 0.529. The van der Waals surface area contributed by atoms with Crippen molar-refractivity contribution in [1.82, 2.24) is 5.32 Å². The lowest BCUT2D eigenvalue weighted by Gasteiger charge is -2.13. The van der Waals surface area contributed by atoms with E-state index in [0.717, 1.165) is 5.56 Å². The predicted octanol–water partition coefficient (Wildman–Crippen LogP) is 3.53. The van der Waals surface area contributed by atoms with Crippen LogP contribution >= 0.6 is 0 Å². The smallest absolute Gasteiger partial charge is 0.221 e. The molecule has 1 atom stereocenters. The largest absolute Gasteiger partial charge is 0.352 e. The Kier molecular flexibility index (Phi) is 6.50. The summed E-state index contributed by atoms with van der Waals surface area (Å²) in [6, 6.07) is 14.3. The average molecular weight is 328 g/mol. The summed E-state index contributed by atoms with van der Waals surface area (Å²) in [7, 11) is 0. The lowest BCUT2D eigenvalue weighted by molar-refractivity contribution is -0.121. The normalized spacial score (nSPS) is 12.2. The van der Waals surface area contributed by atoms with Crippen LogP contribution in [0, 0.1) is 5.82 Å². The Morgan fingerprint density at radius 1 is 1.12 bits per heavy atom. The van der Waals surface area contributed by atoms with Gasteiger partial charge in [0.05, 0.1) is 0 Å². The van der Waals surface area contributed by atoms with Crippen LogP contribution in [0.3, 0.4) is 0 Å². The Hall–Kier alpha value is -2.20.